The Hall–Kier alpha value is -3.12. The first-order valence-corrected chi connectivity index (χ1v) is 15.9. The SMILES string of the molecule is CC(C)Oc1cc(OC2CCN(C)CC2)ccc1Nc1ncc(Cl)c(Nc2ccccc2S(=O)(=O)NC2CCC2)n1. The van der Waals surface area contributed by atoms with Crippen molar-refractivity contribution < 1.29 is 17.9 Å². The van der Waals surface area contributed by atoms with E-state index < -0.39 is 10.0 Å². The number of rotatable bonds is 11. The van der Waals surface area contributed by atoms with Crippen LogP contribution in [0.25, 0.3) is 0 Å². The van der Waals surface area contributed by atoms with Gasteiger partial charge in [-0.05, 0) is 70.8 Å². The first kappa shape index (κ1) is 29.4. The van der Waals surface area contributed by atoms with E-state index in [0.717, 1.165) is 50.9 Å². The summed E-state index contributed by atoms with van der Waals surface area (Å²) < 4.78 is 41.3. The highest BCUT2D eigenvalue weighted by Gasteiger charge is 2.27. The molecule has 220 valence electrons. The molecule has 0 atom stereocenters. The molecule has 0 radical (unpaired) electrons. The van der Waals surface area contributed by atoms with Crippen LogP contribution in [0.1, 0.15) is 46.0 Å². The summed E-state index contributed by atoms with van der Waals surface area (Å²) in [6, 6.07) is 12.3. The van der Waals surface area contributed by atoms with Crippen LogP contribution >= 0.6 is 11.6 Å². The summed E-state index contributed by atoms with van der Waals surface area (Å²) in [5.41, 5.74) is 1.03. The second-order valence-corrected chi connectivity index (χ2v) is 12.9. The standard InChI is InChI=1S/C29H37ClN6O4S/c1-19(2)39-26-17-22(40-21-13-15-36(3)16-14-21)11-12-24(26)33-29-31-18-23(30)28(34-29)32-25-9-4-5-10-27(25)41(37,38)35-20-7-6-8-20/h4-5,9-12,17-21,35H,6-8,13-16H2,1-3H3,(H2,31,32,33,34). The largest absolute Gasteiger partial charge is 0.490 e. The fourth-order valence-corrected chi connectivity index (χ4v) is 6.31. The molecule has 1 aromatic heterocycles. The fraction of sp³-hybridized carbons (Fsp3) is 0.448. The molecule has 2 fully saturated rings. The fourth-order valence-electron chi connectivity index (χ4n) is 4.70. The van der Waals surface area contributed by atoms with Gasteiger partial charge in [0.05, 0.1) is 23.7 Å². The minimum atomic E-state index is -3.72. The molecule has 41 heavy (non-hydrogen) atoms. The Balaban J connectivity index is 1.35. The lowest BCUT2D eigenvalue weighted by atomic mass is 9.94. The van der Waals surface area contributed by atoms with Gasteiger partial charge < -0.3 is 25.0 Å². The predicted molar refractivity (Wildman–Crippen MR) is 161 cm³/mol. The van der Waals surface area contributed by atoms with E-state index in [1.807, 2.05) is 32.0 Å². The number of para-hydroxylation sites is 1. The Bertz CT molecular complexity index is 1460. The van der Waals surface area contributed by atoms with E-state index in [1.165, 1.54) is 6.20 Å². The number of aromatic nitrogens is 2. The number of nitrogens with zero attached hydrogens (tertiary/aromatic N) is 3. The number of ether oxygens (including phenoxy) is 2. The number of halogens is 1. The molecule has 3 N–H and O–H groups in total. The third kappa shape index (κ3) is 7.59. The zero-order chi connectivity index (χ0) is 29.0. The van der Waals surface area contributed by atoms with E-state index in [0.29, 0.717) is 17.1 Å². The number of likely N-dealkylation sites (tertiary alicyclic amines) is 1. The number of benzene rings is 2. The maximum Gasteiger partial charge on any atom is 0.242 e. The van der Waals surface area contributed by atoms with E-state index in [1.54, 1.807) is 24.3 Å². The zero-order valence-corrected chi connectivity index (χ0v) is 25.1. The topological polar surface area (TPSA) is 118 Å². The molecule has 10 nitrogen and oxygen atoms in total. The minimum Gasteiger partial charge on any atom is -0.490 e. The van der Waals surface area contributed by atoms with Crippen molar-refractivity contribution in [2.75, 3.05) is 30.8 Å². The average molecular weight is 601 g/mol. The van der Waals surface area contributed by atoms with Gasteiger partial charge in [-0.3, -0.25) is 0 Å². The van der Waals surface area contributed by atoms with Gasteiger partial charge in [0, 0.05) is 25.2 Å². The lowest BCUT2D eigenvalue weighted by molar-refractivity contribution is 0.114. The molecule has 1 saturated carbocycles. The van der Waals surface area contributed by atoms with E-state index in [2.05, 4.69) is 37.3 Å². The molecule has 3 aromatic rings. The number of piperidine rings is 1. The van der Waals surface area contributed by atoms with Gasteiger partial charge in [-0.25, -0.2) is 18.1 Å². The number of nitrogens with one attached hydrogen (secondary N) is 3. The van der Waals surface area contributed by atoms with Crippen molar-refractivity contribution in [1.82, 2.24) is 19.6 Å². The summed E-state index contributed by atoms with van der Waals surface area (Å²) in [7, 11) is -1.60. The third-order valence-electron chi connectivity index (χ3n) is 7.13. The van der Waals surface area contributed by atoms with Gasteiger partial charge in [0.25, 0.3) is 0 Å². The van der Waals surface area contributed by atoms with Crippen LogP contribution in [0, 0.1) is 0 Å². The molecule has 1 aliphatic carbocycles. The van der Waals surface area contributed by atoms with Crippen LogP contribution in [0.2, 0.25) is 5.02 Å². The summed E-state index contributed by atoms with van der Waals surface area (Å²) in [6.45, 7) is 5.94. The van der Waals surface area contributed by atoms with Crippen LogP contribution in [0.15, 0.2) is 53.6 Å². The van der Waals surface area contributed by atoms with Crippen molar-refractivity contribution >= 4 is 44.8 Å². The molecular weight excluding hydrogens is 564 g/mol. The van der Waals surface area contributed by atoms with Gasteiger partial charge in [0.2, 0.25) is 16.0 Å². The number of hydrogen-bond acceptors (Lipinski definition) is 9. The van der Waals surface area contributed by atoms with Gasteiger partial charge >= 0.3 is 0 Å². The molecule has 12 heteroatoms. The normalized spacial score (nSPS) is 16.8. The van der Waals surface area contributed by atoms with Crippen LogP contribution in [0.3, 0.4) is 0 Å². The molecular formula is C29H37ClN6O4S. The maximum absolute atomic E-state index is 13.1. The molecule has 0 amide bonds. The molecule has 5 rings (SSSR count). The molecule has 0 spiro atoms. The van der Waals surface area contributed by atoms with E-state index in [9.17, 15) is 8.42 Å². The number of anilines is 4. The van der Waals surface area contributed by atoms with Gasteiger partial charge in [-0.1, -0.05) is 30.2 Å². The summed E-state index contributed by atoms with van der Waals surface area (Å²) in [5, 5.41) is 6.55. The lowest BCUT2D eigenvalue weighted by Crippen LogP contribution is -2.39. The van der Waals surface area contributed by atoms with Crippen LogP contribution in [0.5, 0.6) is 11.5 Å². The van der Waals surface area contributed by atoms with Crippen LogP contribution < -0.4 is 24.8 Å². The Morgan fingerprint density at radius 2 is 1.78 bits per heavy atom. The van der Waals surface area contributed by atoms with Crippen molar-refractivity contribution in [3.05, 3.63) is 53.7 Å². The van der Waals surface area contributed by atoms with Gasteiger partial charge in [0.15, 0.2) is 5.82 Å². The molecule has 0 unspecified atom stereocenters. The summed E-state index contributed by atoms with van der Waals surface area (Å²) >= 11 is 6.43. The van der Waals surface area contributed by atoms with E-state index in [-0.39, 0.29) is 39.9 Å². The van der Waals surface area contributed by atoms with Crippen LogP contribution in [-0.4, -0.2) is 61.7 Å². The van der Waals surface area contributed by atoms with Crippen molar-refractivity contribution in [3.8, 4) is 11.5 Å². The minimum absolute atomic E-state index is 0.0325. The maximum atomic E-state index is 13.1. The van der Waals surface area contributed by atoms with Gasteiger partial charge in [-0.15, -0.1) is 0 Å². The Kier molecular flexibility index (Phi) is 9.18. The van der Waals surface area contributed by atoms with Gasteiger partial charge in [-0.2, -0.15) is 4.98 Å². The van der Waals surface area contributed by atoms with Crippen LogP contribution in [-0.2, 0) is 10.0 Å². The quantitative estimate of drug-likeness (QED) is 0.254. The summed E-state index contributed by atoms with van der Waals surface area (Å²) in [6.07, 6.45) is 6.23. The zero-order valence-electron chi connectivity index (χ0n) is 23.6. The molecule has 2 aliphatic rings. The van der Waals surface area contributed by atoms with E-state index in [4.69, 9.17) is 21.1 Å². The molecule has 2 heterocycles. The Morgan fingerprint density at radius 1 is 1.02 bits per heavy atom. The predicted octanol–water partition coefficient (Wildman–Crippen LogP) is 5.71. The second kappa shape index (κ2) is 12.8. The van der Waals surface area contributed by atoms with Gasteiger partial charge in [0.1, 0.15) is 27.5 Å². The van der Waals surface area contributed by atoms with Crippen molar-refractivity contribution in [1.29, 1.82) is 0 Å². The third-order valence-corrected chi connectivity index (χ3v) is 8.99. The molecule has 1 saturated heterocycles. The highest BCUT2D eigenvalue weighted by atomic mass is 35.5. The van der Waals surface area contributed by atoms with Crippen molar-refractivity contribution in [2.24, 2.45) is 0 Å². The first-order valence-electron chi connectivity index (χ1n) is 14.0. The highest BCUT2D eigenvalue weighted by Crippen LogP contribution is 2.35. The highest BCUT2D eigenvalue weighted by molar-refractivity contribution is 7.89. The monoisotopic (exact) mass is 600 g/mol. The van der Waals surface area contributed by atoms with Crippen molar-refractivity contribution in [2.45, 2.75) is 69.1 Å². The number of sulfonamides is 1. The Labute approximate surface area is 246 Å². The lowest BCUT2D eigenvalue weighted by Gasteiger charge is -2.29. The smallest absolute Gasteiger partial charge is 0.242 e. The first-order chi connectivity index (χ1) is 19.7. The van der Waals surface area contributed by atoms with Crippen molar-refractivity contribution in [3.63, 3.8) is 0 Å². The van der Waals surface area contributed by atoms with Crippen LogP contribution in [0.4, 0.5) is 23.1 Å². The summed E-state index contributed by atoms with van der Waals surface area (Å²) in [4.78, 5) is 11.3. The second-order valence-electron chi connectivity index (χ2n) is 10.8. The number of hydrogen-bond donors (Lipinski definition) is 3. The summed E-state index contributed by atoms with van der Waals surface area (Å²) in [5.74, 6) is 1.89. The molecule has 0 bridgehead atoms. The molecule has 2 aromatic carbocycles. The molecule has 1 aliphatic heterocycles. The Morgan fingerprint density at radius 3 is 2.49 bits per heavy atom. The average Bonchev–Trinajstić information content (AvgIpc) is 2.91. The van der Waals surface area contributed by atoms with E-state index >= 15 is 0 Å².